The first-order valence-corrected chi connectivity index (χ1v) is 9.76. The SMILES string of the molecule is Cc1c(S(=O)(=O)NC2CC3CCC(C2)N3)c2ccccc2n1C. The van der Waals surface area contributed by atoms with Crippen LogP contribution in [0.25, 0.3) is 10.9 Å². The van der Waals surface area contributed by atoms with Gasteiger partial charge in [0.2, 0.25) is 10.0 Å². The van der Waals surface area contributed by atoms with Gasteiger partial charge in [0.05, 0.1) is 0 Å². The Hall–Kier alpha value is -1.37. The fourth-order valence-electron chi connectivity index (χ4n) is 4.26. The molecule has 2 aliphatic rings. The lowest BCUT2D eigenvalue weighted by atomic mass is 10.0. The molecule has 0 aliphatic carbocycles. The zero-order chi connectivity index (χ0) is 16.2. The standard InChI is InChI=1S/C17H23N3O2S/c1-11-17(15-5-3-4-6-16(15)20(11)2)23(21,22)19-14-9-12-7-8-13(10-14)18-12/h3-6,12-14,18-19H,7-10H2,1-2H3. The fraction of sp³-hybridized carbons (Fsp3) is 0.529. The largest absolute Gasteiger partial charge is 0.347 e. The molecule has 2 aliphatic heterocycles. The Morgan fingerprint density at radius 3 is 2.52 bits per heavy atom. The monoisotopic (exact) mass is 333 g/mol. The molecular formula is C17H23N3O2S. The maximum Gasteiger partial charge on any atom is 0.243 e. The van der Waals surface area contributed by atoms with Crippen LogP contribution < -0.4 is 10.0 Å². The average Bonchev–Trinajstić information content (AvgIpc) is 2.97. The minimum atomic E-state index is -3.51. The second-order valence-electron chi connectivity index (χ2n) is 6.92. The van der Waals surface area contributed by atoms with Gasteiger partial charge in [0.15, 0.2) is 0 Å². The maximum absolute atomic E-state index is 13.0. The highest BCUT2D eigenvalue weighted by molar-refractivity contribution is 7.89. The van der Waals surface area contributed by atoms with Crippen LogP contribution in [0.15, 0.2) is 29.2 Å². The first kappa shape index (κ1) is 15.2. The molecule has 0 amide bonds. The molecule has 2 unspecified atom stereocenters. The van der Waals surface area contributed by atoms with Crippen molar-refractivity contribution < 1.29 is 8.42 Å². The summed E-state index contributed by atoms with van der Waals surface area (Å²) in [5.74, 6) is 0. The minimum Gasteiger partial charge on any atom is -0.347 e. The number of nitrogens with zero attached hydrogens (tertiary/aromatic N) is 1. The Labute approximate surface area is 137 Å². The van der Waals surface area contributed by atoms with Gasteiger partial charge in [-0.3, -0.25) is 0 Å². The molecule has 2 aromatic rings. The van der Waals surface area contributed by atoms with Crippen LogP contribution >= 0.6 is 0 Å². The molecule has 2 bridgehead atoms. The van der Waals surface area contributed by atoms with Crippen LogP contribution in [0.3, 0.4) is 0 Å². The van der Waals surface area contributed by atoms with Gasteiger partial charge in [-0.15, -0.1) is 0 Å². The number of nitrogens with one attached hydrogen (secondary N) is 2. The lowest BCUT2D eigenvalue weighted by Crippen LogP contribution is -2.48. The van der Waals surface area contributed by atoms with Crippen molar-refractivity contribution in [2.75, 3.05) is 0 Å². The van der Waals surface area contributed by atoms with E-state index >= 15 is 0 Å². The first-order valence-electron chi connectivity index (χ1n) is 8.28. The molecule has 1 aromatic carbocycles. The number of sulfonamides is 1. The van der Waals surface area contributed by atoms with E-state index in [2.05, 4.69) is 10.0 Å². The lowest BCUT2D eigenvalue weighted by molar-refractivity contribution is 0.345. The quantitative estimate of drug-likeness (QED) is 0.904. The number of rotatable bonds is 3. The van der Waals surface area contributed by atoms with E-state index in [1.807, 2.05) is 42.8 Å². The number of para-hydroxylation sites is 1. The Bertz CT molecular complexity index is 844. The molecule has 1 aromatic heterocycles. The highest BCUT2D eigenvalue weighted by Gasteiger charge is 2.36. The maximum atomic E-state index is 13.0. The summed E-state index contributed by atoms with van der Waals surface area (Å²) < 4.78 is 31.0. The van der Waals surface area contributed by atoms with Crippen molar-refractivity contribution >= 4 is 20.9 Å². The summed E-state index contributed by atoms with van der Waals surface area (Å²) in [6, 6.07) is 8.67. The van der Waals surface area contributed by atoms with Crippen LogP contribution in [0.2, 0.25) is 0 Å². The Kier molecular flexibility index (Phi) is 3.51. The number of hydrogen-bond donors (Lipinski definition) is 2. The molecular weight excluding hydrogens is 310 g/mol. The van der Waals surface area contributed by atoms with Gasteiger partial charge in [-0.25, -0.2) is 13.1 Å². The molecule has 5 nitrogen and oxygen atoms in total. The number of fused-ring (bicyclic) bond motifs is 3. The molecule has 3 heterocycles. The first-order chi connectivity index (χ1) is 11.0. The van der Waals surface area contributed by atoms with Gasteiger partial charge in [-0.1, -0.05) is 18.2 Å². The number of benzene rings is 1. The van der Waals surface area contributed by atoms with Crippen LogP contribution in [0.4, 0.5) is 0 Å². The van der Waals surface area contributed by atoms with E-state index in [1.165, 1.54) is 0 Å². The van der Waals surface area contributed by atoms with Gasteiger partial charge in [0.25, 0.3) is 0 Å². The molecule has 6 heteroatoms. The third-order valence-corrected chi connectivity index (χ3v) is 7.10. The van der Waals surface area contributed by atoms with Crippen LogP contribution in [0, 0.1) is 6.92 Å². The zero-order valence-corrected chi connectivity index (χ0v) is 14.4. The summed E-state index contributed by atoms with van der Waals surface area (Å²) in [6.07, 6.45) is 4.10. The average molecular weight is 333 g/mol. The normalized spacial score (nSPS) is 27.7. The van der Waals surface area contributed by atoms with Crippen molar-refractivity contribution in [2.24, 2.45) is 7.05 Å². The van der Waals surface area contributed by atoms with Crippen LogP contribution in [-0.4, -0.2) is 31.1 Å². The van der Waals surface area contributed by atoms with Gasteiger partial charge < -0.3 is 9.88 Å². The second-order valence-corrected chi connectivity index (χ2v) is 8.57. The number of piperidine rings is 1. The molecule has 0 radical (unpaired) electrons. The second kappa shape index (κ2) is 5.33. The highest BCUT2D eigenvalue weighted by atomic mass is 32.2. The predicted octanol–water partition coefficient (Wildman–Crippen LogP) is 2.05. The predicted molar refractivity (Wildman–Crippen MR) is 90.9 cm³/mol. The van der Waals surface area contributed by atoms with Crippen molar-refractivity contribution in [3.05, 3.63) is 30.0 Å². The molecule has 4 rings (SSSR count). The highest BCUT2D eigenvalue weighted by Crippen LogP contribution is 2.31. The minimum absolute atomic E-state index is 0.0390. The van der Waals surface area contributed by atoms with Gasteiger partial charge in [0, 0.05) is 41.8 Å². The van der Waals surface area contributed by atoms with Crippen molar-refractivity contribution in [1.82, 2.24) is 14.6 Å². The third kappa shape index (κ3) is 2.49. The van der Waals surface area contributed by atoms with Crippen molar-refractivity contribution in [1.29, 1.82) is 0 Å². The molecule has 124 valence electrons. The molecule has 0 spiro atoms. The third-order valence-electron chi connectivity index (χ3n) is 5.41. The van der Waals surface area contributed by atoms with E-state index in [-0.39, 0.29) is 6.04 Å². The van der Waals surface area contributed by atoms with E-state index in [0.29, 0.717) is 17.0 Å². The van der Waals surface area contributed by atoms with Gasteiger partial charge >= 0.3 is 0 Å². The Morgan fingerprint density at radius 1 is 1.17 bits per heavy atom. The summed E-state index contributed by atoms with van der Waals surface area (Å²) in [7, 11) is -1.60. The van der Waals surface area contributed by atoms with E-state index in [4.69, 9.17) is 0 Å². The summed E-state index contributed by atoms with van der Waals surface area (Å²) in [4.78, 5) is 0.432. The van der Waals surface area contributed by atoms with Gasteiger partial charge in [0.1, 0.15) is 4.90 Å². The lowest BCUT2D eigenvalue weighted by Gasteiger charge is -2.29. The summed E-state index contributed by atoms with van der Waals surface area (Å²) >= 11 is 0. The van der Waals surface area contributed by atoms with E-state index in [0.717, 1.165) is 42.3 Å². The Morgan fingerprint density at radius 2 is 1.83 bits per heavy atom. The number of aryl methyl sites for hydroxylation is 1. The molecule has 2 fully saturated rings. The molecule has 2 atom stereocenters. The van der Waals surface area contributed by atoms with E-state index in [9.17, 15) is 8.42 Å². The smallest absolute Gasteiger partial charge is 0.243 e. The molecule has 2 saturated heterocycles. The summed E-state index contributed by atoms with van der Waals surface area (Å²) in [5, 5.41) is 4.35. The topological polar surface area (TPSA) is 63.1 Å². The van der Waals surface area contributed by atoms with Crippen LogP contribution in [0.5, 0.6) is 0 Å². The van der Waals surface area contributed by atoms with Crippen LogP contribution in [0.1, 0.15) is 31.4 Å². The van der Waals surface area contributed by atoms with Crippen molar-refractivity contribution in [3.8, 4) is 0 Å². The molecule has 0 saturated carbocycles. The van der Waals surface area contributed by atoms with Gasteiger partial charge in [-0.2, -0.15) is 0 Å². The van der Waals surface area contributed by atoms with E-state index in [1.54, 1.807) is 0 Å². The van der Waals surface area contributed by atoms with Crippen molar-refractivity contribution in [3.63, 3.8) is 0 Å². The summed E-state index contributed by atoms with van der Waals surface area (Å²) in [6.45, 7) is 1.88. The fourth-order valence-corrected chi connectivity index (χ4v) is 5.99. The van der Waals surface area contributed by atoms with E-state index < -0.39 is 10.0 Å². The van der Waals surface area contributed by atoms with Gasteiger partial charge in [-0.05, 0) is 38.7 Å². The van der Waals surface area contributed by atoms with Crippen LogP contribution in [-0.2, 0) is 17.1 Å². The molecule has 2 N–H and O–H groups in total. The molecule has 23 heavy (non-hydrogen) atoms. The number of hydrogen-bond acceptors (Lipinski definition) is 3. The van der Waals surface area contributed by atoms with Crippen molar-refractivity contribution in [2.45, 2.75) is 55.6 Å². The summed E-state index contributed by atoms with van der Waals surface area (Å²) in [5.41, 5.74) is 1.74. The Balaban J connectivity index is 1.70. The number of aromatic nitrogens is 1. The zero-order valence-electron chi connectivity index (χ0n) is 13.5.